The van der Waals surface area contributed by atoms with Gasteiger partial charge in [-0.25, -0.2) is 9.78 Å². The predicted octanol–water partition coefficient (Wildman–Crippen LogP) is 4.58. The maximum Gasteiger partial charge on any atom is 0.341 e. The molecule has 0 aliphatic carbocycles. The summed E-state index contributed by atoms with van der Waals surface area (Å²) < 4.78 is 5.24. The van der Waals surface area contributed by atoms with Crippen LogP contribution in [0.25, 0.3) is 22.9 Å². The normalized spacial score (nSPS) is 11.2. The number of amides is 1. The van der Waals surface area contributed by atoms with Crippen LogP contribution >= 0.6 is 11.3 Å². The van der Waals surface area contributed by atoms with Crippen molar-refractivity contribution in [2.45, 2.75) is 13.8 Å². The summed E-state index contributed by atoms with van der Waals surface area (Å²) in [5, 5.41) is 5.11. The van der Waals surface area contributed by atoms with Gasteiger partial charge in [0.15, 0.2) is 0 Å². The van der Waals surface area contributed by atoms with Crippen molar-refractivity contribution in [3.05, 3.63) is 75.6 Å². The van der Waals surface area contributed by atoms with Gasteiger partial charge >= 0.3 is 5.97 Å². The van der Waals surface area contributed by atoms with Crippen molar-refractivity contribution in [1.29, 1.82) is 0 Å². The van der Waals surface area contributed by atoms with Crippen molar-refractivity contribution < 1.29 is 14.3 Å². The number of aryl methyl sites for hydroxylation is 1. The van der Waals surface area contributed by atoms with Crippen molar-refractivity contribution in [2.24, 2.45) is 0 Å². The zero-order valence-electron chi connectivity index (χ0n) is 16.6. The second kappa shape index (κ2) is 9.30. The van der Waals surface area contributed by atoms with Crippen molar-refractivity contribution in [1.82, 2.24) is 10.3 Å². The summed E-state index contributed by atoms with van der Waals surface area (Å²) in [5.74, 6) is -0.582. The Bertz CT molecular complexity index is 1030. The highest BCUT2D eigenvalue weighted by Gasteiger charge is 2.18. The molecule has 0 saturated carbocycles. The number of carbonyl (C=O) groups is 2. The molecule has 1 heterocycles. The zero-order valence-corrected chi connectivity index (χ0v) is 17.4. The van der Waals surface area contributed by atoms with E-state index in [0.717, 1.165) is 16.8 Å². The molecule has 5 nitrogen and oxygen atoms in total. The monoisotopic (exact) mass is 406 g/mol. The molecule has 29 heavy (non-hydrogen) atoms. The Morgan fingerprint density at radius 2 is 1.79 bits per heavy atom. The number of nitrogens with zero attached hydrogens (tertiary/aromatic N) is 1. The lowest BCUT2D eigenvalue weighted by Gasteiger charge is -2.05. The number of thiazole rings is 1. The van der Waals surface area contributed by atoms with Gasteiger partial charge in [0.05, 0.1) is 17.9 Å². The maximum absolute atomic E-state index is 12.6. The van der Waals surface area contributed by atoms with Gasteiger partial charge in [-0.2, -0.15) is 0 Å². The van der Waals surface area contributed by atoms with E-state index in [2.05, 4.69) is 10.3 Å². The molecule has 1 N–H and O–H groups in total. The molecule has 0 bridgehead atoms. The SMILES string of the molecule is CCOC(=O)C(=Cc1ccc(C(=O)NC)cc1)c1nc(-c2ccc(C)cc2)cs1. The van der Waals surface area contributed by atoms with Crippen LogP contribution in [0.3, 0.4) is 0 Å². The molecule has 0 radical (unpaired) electrons. The number of hydrogen-bond donors (Lipinski definition) is 1. The molecule has 0 unspecified atom stereocenters. The van der Waals surface area contributed by atoms with Gasteiger partial charge in [0.2, 0.25) is 0 Å². The van der Waals surface area contributed by atoms with Gasteiger partial charge in [0, 0.05) is 23.6 Å². The molecule has 0 atom stereocenters. The first-order valence-electron chi connectivity index (χ1n) is 9.25. The van der Waals surface area contributed by atoms with Gasteiger partial charge < -0.3 is 10.1 Å². The summed E-state index contributed by atoms with van der Waals surface area (Å²) in [6.45, 7) is 4.09. The summed E-state index contributed by atoms with van der Waals surface area (Å²) >= 11 is 1.40. The highest BCUT2D eigenvalue weighted by atomic mass is 32.1. The van der Waals surface area contributed by atoms with Gasteiger partial charge in [-0.1, -0.05) is 42.0 Å². The maximum atomic E-state index is 12.6. The Morgan fingerprint density at radius 1 is 1.10 bits per heavy atom. The average Bonchev–Trinajstić information content (AvgIpc) is 3.22. The lowest BCUT2D eigenvalue weighted by molar-refractivity contribution is -0.136. The molecule has 2 aromatic carbocycles. The Kier molecular flexibility index (Phi) is 6.57. The first kappa shape index (κ1) is 20.5. The minimum atomic E-state index is -0.423. The minimum absolute atomic E-state index is 0.159. The molecule has 0 saturated heterocycles. The molecule has 3 rings (SSSR count). The van der Waals surface area contributed by atoms with Crippen LogP contribution in [0.5, 0.6) is 0 Å². The molecule has 0 fully saturated rings. The van der Waals surface area contributed by atoms with Gasteiger partial charge in [0.25, 0.3) is 5.91 Å². The molecular formula is C23H22N2O3S. The third kappa shape index (κ3) is 4.97. The van der Waals surface area contributed by atoms with Crippen LogP contribution in [-0.2, 0) is 9.53 Å². The minimum Gasteiger partial charge on any atom is -0.462 e. The highest BCUT2D eigenvalue weighted by molar-refractivity contribution is 7.11. The summed E-state index contributed by atoms with van der Waals surface area (Å²) in [4.78, 5) is 28.9. The fourth-order valence-corrected chi connectivity index (χ4v) is 3.55. The van der Waals surface area contributed by atoms with E-state index in [4.69, 9.17) is 4.74 Å². The summed E-state index contributed by atoms with van der Waals surface area (Å²) in [5.41, 5.74) is 4.72. The molecule has 0 spiro atoms. The molecule has 6 heteroatoms. The van der Waals surface area contributed by atoms with Crippen LogP contribution in [0, 0.1) is 6.92 Å². The van der Waals surface area contributed by atoms with Crippen molar-refractivity contribution >= 4 is 34.9 Å². The third-order valence-electron chi connectivity index (χ3n) is 4.29. The van der Waals surface area contributed by atoms with E-state index in [-0.39, 0.29) is 12.5 Å². The highest BCUT2D eigenvalue weighted by Crippen LogP contribution is 2.28. The number of rotatable bonds is 6. The molecule has 1 aromatic heterocycles. The van der Waals surface area contributed by atoms with Gasteiger partial charge in [-0.3, -0.25) is 4.79 Å². The van der Waals surface area contributed by atoms with E-state index < -0.39 is 5.97 Å². The van der Waals surface area contributed by atoms with Crippen LogP contribution in [0.2, 0.25) is 0 Å². The summed E-state index contributed by atoms with van der Waals surface area (Å²) in [6, 6.07) is 15.1. The topological polar surface area (TPSA) is 68.3 Å². The van der Waals surface area contributed by atoms with E-state index in [1.807, 2.05) is 36.6 Å². The molecule has 3 aromatic rings. The summed E-state index contributed by atoms with van der Waals surface area (Å²) in [7, 11) is 1.59. The fraction of sp³-hybridized carbons (Fsp3) is 0.174. The second-order valence-electron chi connectivity index (χ2n) is 6.38. The van der Waals surface area contributed by atoms with Gasteiger partial charge in [-0.15, -0.1) is 11.3 Å². The second-order valence-corrected chi connectivity index (χ2v) is 7.24. The Labute approximate surface area is 174 Å². The number of esters is 1. The quantitative estimate of drug-likeness (QED) is 0.480. The van der Waals surface area contributed by atoms with Gasteiger partial charge in [-0.05, 0) is 37.6 Å². The number of hydrogen-bond acceptors (Lipinski definition) is 5. The van der Waals surface area contributed by atoms with Crippen molar-refractivity contribution in [3.8, 4) is 11.3 Å². The van der Waals surface area contributed by atoms with E-state index in [0.29, 0.717) is 16.1 Å². The van der Waals surface area contributed by atoms with E-state index in [9.17, 15) is 9.59 Å². The Morgan fingerprint density at radius 3 is 2.41 bits per heavy atom. The number of aromatic nitrogens is 1. The van der Waals surface area contributed by atoms with Crippen LogP contribution in [0.15, 0.2) is 53.9 Å². The number of nitrogens with one attached hydrogen (secondary N) is 1. The van der Waals surface area contributed by atoms with Crippen LogP contribution in [-0.4, -0.2) is 30.5 Å². The lowest BCUT2D eigenvalue weighted by Crippen LogP contribution is -2.17. The largest absolute Gasteiger partial charge is 0.462 e. The van der Waals surface area contributed by atoms with Gasteiger partial charge in [0.1, 0.15) is 5.01 Å². The molecular weight excluding hydrogens is 384 g/mol. The van der Waals surface area contributed by atoms with Crippen molar-refractivity contribution in [3.63, 3.8) is 0 Å². The Balaban J connectivity index is 1.95. The molecule has 148 valence electrons. The van der Waals surface area contributed by atoms with Crippen molar-refractivity contribution in [2.75, 3.05) is 13.7 Å². The number of carbonyl (C=O) groups excluding carboxylic acids is 2. The number of benzene rings is 2. The predicted molar refractivity (Wildman–Crippen MR) is 117 cm³/mol. The molecule has 1 amide bonds. The van der Waals surface area contributed by atoms with E-state index in [1.165, 1.54) is 16.9 Å². The van der Waals surface area contributed by atoms with Crippen LogP contribution in [0.1, 0.15) is 33.4 Å². The van der Waals surface area contributed by atoms with E-state index >= 15 is 0 Å². The average molecular weight is 407 g/mol. The zero-order chi connectivity index (χ0) is 20.8. The lowest BCUT2D eigenvalue weighted by atomic mass is 10.1. The van der Waals surface area contributed by atoms with Crippen LogP contribution in [0.4, 0.5) is 0 Å². The first-order chi connectivity index (χ1) is 14.0. The van der Waals surface area contributed by atoms with Crippen LogP contribution < -0.4 is 5.32 Å². The number of ether oxygens (including phenoxy) is 1. The smallest absolute Gasteiger partial charge is 0.341 e. The molecule has 0 aliphatic rings. The molecule has 0 aliphatic heterocycles. The Hall–Kier alpha value is -3.25. The summed E-state index contributed by atoms with van der Waals surface area (Å²) in [6.07, 6.45) is 1.74. The standard InChI is InChI=1S/C23H22N2O3S/c1-4-28-23(27)19(13-16-7-11-18(12-8-16)21(26)24-3)22-25-20(14-29-22)17-9-5-15(2)6-10-17/h5-14H,4H2,1-3H3,(H,24,26). The first-order valence-corrected chi connectivity index (χ1v) is 10.1. The van der Waals surface area contributed by atoms with E-state index in [1.54, 1.807) is 44.3 Å². The third-order valence-corrected chi connectivity index (χ3v) is 5.16. The fourth-order valence-electron chi connectivity index (χ4n) is 2.71.